The van der Waals surface area contributed by atoms with Gasteiger partial charge in [-0.3, -0.25) is 10.1 Å². The third kappa shape index (κ3) is 3.55. The number of nitrogens with zero attached hydrogens (tertiary/aromatic N) is 6. The predicted molar refractivity (Wildman–Crippen MR) is 134 cm³/mol. The van der Waals surface area contributed by atoms with Gasteiger partial charge in [0.25, 0.3) is 0 Å². The number of aromatic amines is 1. The Morgan fingerprint density at radius 1 is 0.970 bits per heavy atom. The molecule has 3 atom stereocenters. The maximum Gasteiger partial charge on any atom is 0.188 e. The molecular formula is C23H28N8S2. The van der Waals surface area contributed by atoms with Crippen molar-refractivity contribution < 1.29 is 0 Å². The minimum atomic E-state index is 0.240. The normalized spacial score (nSPS) is 26.9. The van der Waals surface area contributed by atoms with Gasteiger partial charge >= 0.3 is 0 Å². The Morgan fingerprint density at radius 2 is 1.64 bits per heavy atom. The largest absolute Gasteiger partial charge is 0.348 e. The molecule has 0 aliphatic carbocycles. The fraction of sp³-hybridized carbons (Fsp3) is 0.522. The number of H-pyrrole nitrogens is 1. The van der Waals surface area contributed by atoms with E-state index < -0.39 is 0 Å². The predicted octanol–water partition coefficient (Wildman–Crippen LogP) is 4.72. The summed E-state index contributed by atoms with van der Waals surface area (Å²) >= 11 is 3.26. The molecule has 2 aliphatic rings. The number of anilines is 1. The molecule has 2 bridgehead atoms. The zero-order valence-corrected chi connectivity index (χ0v) is 21.2. The van der Waals surface area contributed by atoms with Gasteiger partial charge in [0.05, 0.1) is 23.8 Å². The van der Waals surface area contributed by atoms with Gasteiger partial charge in [-0.1, -0.05) is 22.7 Å². The number of aryl methyl sites for hydroxylation is 2. The molecule has 0 aromatic carbocycles. The lowest BCUT2D eigenvalue weighted by molar-refractivity contribution is 0.208. The van der Waals surface area contributed by atoms with Crippen molar-refractivity contribution in [1.82, 2.24) is 35.5 Å². The average molecular weight is 481 g/mol. The highest BCUT2D eigenvalue weighted by molar-refractivity contribution is 7.29. The highest BCUT2D eigenvalue weighted by Gasteiger charge is 2.49. The summed E-state index contributed by atoms with van der Waals surface area (Å²) in [5.74, 6) is 0. The molecule has 1 unspecified atom stereocenters. The molecular weight excluding hydrogens is 452 g/mol. The molecule has 0 amide bonds. The van der Waals surface area contributed by atoms with Crippen LogP contribution in [0.3, 0.4) is 0 Å². The molecule has 6 heterocycles. The summed E-state index contributed by atoms with van der Waals surface area (Å²) in [7, 11) is 2.19. The Balaban J connectivity index is 1.24. The molecule has 172 valence electrons. The van der Waals surface area contributed by atoms with Crippen LogP contribution in [0, 0.1) is 13.8 Å². The van der Waals surface area contributed by atoms with Crippen LogP contribution in [0.25, 0.3) is 31.6 Å². The van der Waals surface area contributed by atoms with E-state index in [1.54, 1.807) is 35.1 Å². The quantitative estimate of drug-likeness (QED) is 0.436. The van der Waals surface area contributed by atoms with Gasteiger partial charge in [-0.05, 0) is 53.4 Å². The smallest absolute Gasteiger partial charge is 0.188 e. The van der Waals surface area contributed by atoms with Gasteiger partial charge < -0.3 is 10.2 Å². The molecule has 33 heavy (non-hydrogen) atoms. The standard InChI is InChI=1S/C23H28N8S2/c1-12-17(13(2)29-28-12)15-10-25-16(11-24-15)18-26-19-20(32-18)27-21(33-19)31(5)14-8-22(3)6-7-23(4,9-14)30-22/h10-11,14,30H,6-9H2,1-5H3,(H,28,29)/t14?,22-,23+. The maximum atomic E-state index is 4.95. The van der Waals surface area contributed by atoms with Crippen LogP contribution in [-0.4, -0.2) is 54.3 Å². The summed E-state index contributed by atoms with van der Waals surface area (Å²) < 4.78 is 0. The van der Waals surface area contributed by atoms with E-state index in [2.05, 4.69) is 51.3 Å². The van der Waals surface area contributed by atoms with Crippen LogP contribution in [0.5, 0.6) is 0 Å². The Hall–Kier alpha value is -2.43. The summed E-state index contributed by atoms with van der Waals surface area (Å²) in [6, 6.07) is 0.497. The van der Waals surface area contributed by atoms with E-state index in [1.165, 1.54) is 12.8 Å². The Morgan fingerprint density at radius 3 is 2.24 bits per heavy atom. The van der Waals surface area contributed by atoms with Gasteiger partial charge in [0.15, 0.2) is 14.8 Å². The molecule has 8 nitrogen and oxygen atoms in total. The van der Waals surface area contributed by atoms with Gasteiger partial charge in [-0.2, -0.15) is 5.10 Å². The lowest BCUT2D eigenvalue weighted by Crippen LogP contribution is -2.58. The van der Waals surface area contributed by atoms with Gasteiger partial charge in [-0.25, -0.2) is 15.0 Å². The third-order valence-corrected chi connectivity index (χ3v) is 9.41. The van der Waals surface area contributed by atoms with Crippen molar-refractivity contribution in [1.29, 1.82) is 0 Å². The Kier molecular flexibility index (Phi) is 4.66. The second-order valence-electron chi connectivity index (χ2n) is 10.1. The molecule has 4 aromatic heterocycles. The van der Waals surface area contributed by atoms with Crippen molar-refractivity contribution in [2.24, 2.45) is 0 Å². The summed E-state index contributed by atoms with van der Waals surface area (Å²) in [5.41, 5.74) is 5.01. The van der Waals surface area contributed by atoms with Crippen LogP contribution >= 0.6 is 22.7 Å². The fourth-order valence-corrected chi connectivity index (χ4v) is 7.68. The van der Waals surface area contributed by atoms with Crippen LogP contribution in [0.2, 0.25) is 0 Å². The van der Waals surface area contributed by atoms with Crippen molar-refractivity contribution in [2.75, 3.05) is 11.9 Å². The van der Waals surface area contributed by atoms with E-state index >= 15 is 0 Å². The molecule has 2 N–H and O–H groups in total. The second kappa shape index (κ2) is 7.28. The maximum absolute atomic E-state index is 4.95. The summed E-state index contributed by atoms with van der Waals surface area (Å²) in [4.78, 5) is 23.4. The van der Waals surface area contributed by atoms with Crippen molar-refractivity contribution in [3.8, 4) is 22.0 Å². The molecule has 4 aromatic rings. The lowest BCUT2D eigenvalue weighted by atomic mass is 9.84. The minimum absolute atomic E-state index is 0.240. The summed E-state index contributed by atoms with van der Waals surface area (Å²) in [6.07, 6.45) is 8.42. The molecule has 2 aliphatic heterocycles. The minimum Gasteiger partial charge on any atom is -0.348 e. The van der Waals surface area contributed by atoms with Crippen molar-refractivity contribution in [3.63, 3.8) is 0 Å². The molecule has 2 fully saturated rings. The number of piperidine rings is 1. The van der Waals surface area contributed by atoms with E-state index in [1.807, 2.05) is 13.8 Å². The van der Waals surface area contributed by atoms with E-state index in [0.717, 1.165) is 61.0 Å². The number of aromatic nitrogens is 6. The highest BCUT2D eigenvalue weighted by Crippen LogP contribution is 2.45. The van der Waals surface area contributed by atoms with E-state index in [9.17, 15) is 0 Å². The van der Waals surface area contributed by atoms with Crippen LogP contribution in [0.1, 0.15) is 50.9 Å². The Bertz CT molecular complexity index is 1270. The first-order valence-electron chi connectivity index (χ1n) is 11.4. The van der Waals surface area contributed by atoms with E-state index in [0.29, 0.717) is 6.04 Å². The van der Waals surface area contributed by atoms with Crippen LogP contribution in [0.15, 0.2) is 12.4 Å². The first kappa shape index (κ1) is 21.1. The van der Waals surface area contributed by atoms with Gasteiger partial charge in [-0.15, -0.1) is 0 Å². The zero-order valence-electron chi connectivity index (χ0n) is 19.6. The van der Waals surface area contributed by atoms with E-state index in [4.69, 9.17) is 9.97 Å². The highest BCUT2D eigenvalue weighted by atomic mass is 32.1. The average Bonchev–Trinajstić information content (AvgIpc) is 3.49. The molecule has 2 saturated heterocycles. The van der Waals surface area contributed by atoms with Crippen molar-refractivity contribution in [3.05, 3.63) is 23.8 Å². The molecule has 6 rings (SSSR count). The lowest BCUT2D eigenvalue weighted by Gasteiger charge is -2.45. The number of nitrogens with one attached hydrogen (secondary N) is 2. The van der Waals surface area contributed by atoms with Crippen LogP contribution < -0.4 is 10.2 Å². The number of thiazole rings is 2. The molecule has 0 radical (unpaired) electrons. The van der Waals surface area contributed by atoms with E-state index in [-0.39, 0.29) is 11.1 Å². The fourth-order valence-electron chi connectivity index (χ4n) is 5.64. The van der Waals surface area contributed by atoms with Crippen LogP contribution in [0.4, 0.5) is 5.13 Å². The Labute approximate surface area is 200 Å². The van der Waals surface area contributed by atoms with Crippen molar-refractivity contribution in [2.45, 2.75) is 70.5 Å². The second-order valence-corrected chi connectivity index (χ2v) is 12.1. The summed E-state index contributed by atoms with van der Waals surface area (Å²) in [6.45, 7) is 8.70. The molecule has 0 spiro atoms. The first-order chi connectivity index (χ1) is 15.7. The molecule has 10 heteroatoms. The van der Waals surface area contributed by atoms with Gasteiger partial charge in [0.1, 0.15) is 10.7 Å². The van der Waals surface area contributed by atoms with Crippen LogP contribution in [-0.2, 0) is 0 Å². The number of hydrogen-bond acceptors (Lipinski definition) is 9. The zero-order chi connectivity index (χ0) is 23.0. The number of fused-ring (bicyclic) bond motifs is 3. The summed E-state index contributed by atoms with van der Waals surface area (Å²) in [5, 5.41) is 13.0. The van der Waals surface area contributed by atoms with Gasteiger partial charge in [0.2, 0.25) is 0 Å². The SMILES string of the molecule is Cc1n[nH]c(C)c1-c1cnc(-c2nc3sc(N(C)C4C[C@]5(C)CC[C@](C)(C4)N5)nc3s2)cn1. The third-order valence-electron chi connectivity index (χ3n) is 7.27. The topological polar surface area (TPSA) is 95.5 Å². The number of hydrogen-bond donors (Lipinski definition) is 2. The number of rotatable bonds is 4. The van der Waals surface area contributed by atoms with Gasteiger partial charge in [0, 0.05) is 35.4 Å². The van der Waals surface area contributed by atoms with Crippen molar-refractivity contribution >= 4 is 37.5 Å². The molecule has 0 saturated carbocycles. The monoisotopic (exact) mass is 480 g/mol. The first-order valence-corrected chi connectivity index (χ1v) is 13.0.